The molecule has 72 valence electrons. The summed E-state index contributed by atoms with van der Waals surface area (Å²) in [5.41, 5.74) is 3.22. The zero-order valence-electron chi connectivity index (χ0n) is 8.84. The van der Waals surface area contributed by atoms with Crippen molar-refractivity contribution < 1.29 is 0 Å². The Morgan fingerprint density at radius 1 is 1.15 bits per heavy atom. The topological polar surface area (TPSA) is 0 Å². The van der Waals surface area contributed by atoms with Gasteiger partial charge in [0.1, 0.15) is 0 Å². The van der Waals surface area contributed by atoms with Gasteiger partial charge in [-0.05, 0) is 57.8 Å². The van der Waals surface area contributed by atoms with E-state index in [0.717, 1.165) is 11.8 Å². The second-order valence-electron chi connectivity index (χ2n) is 4.80. The summed E-state index contributed by atoms with van der Waals surface area (Å²) in [6, 6.07) is 0. The molecule has 0 aliphatic heterocycles. The molecule has 2 aliphatic rings. The van der Waals surface area contributed by atoms with E-state index in [1.807, 2.05) is 0 Å². The first kappa shape index (κ1) is 9.05. The lowest BCUT2D eigenvalue weighted by Crippen LogP contribution is -1.88. The summed E-state index contributed by atoms with van der Waals surface area (Å²) in [5, 5.41) is 0. The maximum absolute atomic E-state index is 2.53. The molecule has 0 heteroatoms. The Hall–Kier alpha value is -0.520. The fourth-order valence-corrected chi connectivity index (χ4v) is 2.32. The van der Waals surface area contributed by atoms with Crippen LogP contribution in [0.1, 0.15) is 46.0 Å². The van der Waals surface area contributed by atoms with Gasteiger partial charge >= 0.3 is 0 Å². The fourth-order valence-electron chi connectivity index (χ4n) is 2.32. The lowest BCUT2D eigenvalue weighted by molar-refractivity contribution is 0.682. The lowest BCUT2D eigenvalue weighted by atomic mass is 10.0. The van der Waals surface area contributed by atoms with E-state index < -0.39 is 0 Å². The zero-order chi connectivity index (χ0) is 9.26. The van der Waals surface area contributed by atoms with Crippen LogP contribution in [-0.4, -0.2) is 0 Å². The van der Waals surface area contributed by atoms with Crippen molar-refractivity contribution in [3.63, 3.8) is 0 Å². The van der Waals surface area contributed by atoms with Crippen molar-refractivity contribution in [2.45, 2.75) is 46.0 Å². The molecule has 1 saturated carbocycles. The fraction of sp³-hybridized carbons (Fsp3) is 0.692. The summed E-state index contributed by atoms with van der Waals surface area (Å²) in [6.45, 7) is 4.58. The van der Waals surface area contributed by atoms with E-state index in [9.17, 15) is 0 Å². The van der Waals surface area contributed by atoms with E-state index >= 15 is 0 Å². The van der Waals surface area contributed by atoms with Crippen LogP contribution in [0.3, 0.4) is 0 Å². The molecule has 0 radical (unpaired) electrons. The molecule has 1 fully saturated rings. The molecule has 0 bridgehead atoms. The van der Waals surface area contributed by atoms with Gasteiger partial charge in [0.2, 0.25) is 0 Å². The van der Waals surface area contributed by atoms with Crippen LogP contribution in [-0.2, 0) is 0 Å². The molecule has 0 spiro atoms. The Labute approximate surface area is 81.7 Å². The molecule has 2 rings (SSSR count). The van der Waals surface area contributed by atoms with E-state index in [4.69, 9.17) is 0 Å². The molecule has 0 aromatic carbocycles. The molecule has 0 N–H and O–H groups in total. The van der Waals surface area contributed by atoms with Gasteiger partial charge in [-0.1, -0.05) is 23.3 Å². The van der Waals surface area contributed by atoms with Crippen LogP contribution in [0, 0.1) is 11.8 Å². The first-order chi connectivity index (χ1) is 6.25. The third-order valence-corrected chi connectivity index (χ3v) is 3.42. The minimum absolute atomic E-state index is 0.950. The van der Waals surface area contributed by atoms with Gasteiger partial charge in [-0.15, -0.1) is 0 Å². The highest BCUT2D eigenvalue weighted by Crippen LogP contribution is 2.44. The highest BCUT2D eigenvalue weighted by Gasteiger charge is 2.34. The summed E-state index contributed by atoms with van der Waals surface area (Å²) in [5.74, 6) is 1.97. The predicted octanol–water partition coefficient (Wildman–Crippen LogP) is 4.09. The van der Waals surface area contributed by atoms with Gasteiger partial charge in [0.15, 0.2) is 0 Å². The summed E-state index contributed by atoms with van der Waals surface area (Å²) in [6.07, 6.45) is 11.7. The molecular formula is C13H20. The first-order valence-electron chi connectivity index (χ1n) is 5.58. The standard InChI is InChI=1S/C13H20/c1-10-4-3-5-11(2)8-13-9-12(13)7-6-10/h4,8,12-13H,3,5-7,9H2,1-2H3/b10-4-,11-8+/t12-,13+/m1/s1. The molecule has 0 heterocycles. The first-order valence-corrected chi connectivity index (χ1v) is 5.58. The van der Waals surface area contributed by atoms with Crippen LogP contribution in [0.5, 0.6) is 0 Å². The molecule has 0 amide bonds. The second-order valence-corrected chi connectivity index (χ2v) is 4.80. The zero-order valence-corrected chi connectivity index (χ0v) is 8.84. The largest absolute Gasteiger partial charge is 0.0853 e. The number of fused-ring (bicyclic) bond motifs is 1. The minimum Gasteiger partial charge on any atom is -0.0853 e. The van der Waals surface area contributed by atoms with Crippen LogP contribution >= 0.6 is 0 Å². The van der Waals surface area contributed by atoms with Gasteiger partial charge in [0, 0.05) is 0 Å². The molecule has 2 atom stereocenters. The van der Waals surface area contributed by atoms with E-state index in [-0.39, 0.29) is 0 Å². The summed E-state index contributed by atoms with van der Waals surface area (Å²) >= 11 is 0. The quantitative estimate of drug-likeness (QED) is 0.488. The molecule has 0 nitrogen and oxygen atoms in total. The monoisotopic (exact) mass is 176 g/mol. The van der Waals surface area contributed by atoms with E-state index in [0.29, 0.717) is 0 Å². The van der Waals surface area contributed by atoms with Gasteiger partial charge in [-0.2, -0.15) is 0 Å². The van der Waals surface area contributed by atoms with Gasteiger partial charge in [-0.3, -0.25) is 0 Å². The smallest absolute Gasteiger partial charge is 0.0199 e. The molecule has 0 saturated heterocycles. The van der Waals surface area contributed by atoms with Gasteiger partial charge < -0.3 is 0 Å². The third-order valence-electron chi connectivity index (χ3n) is 3.42. The Morgan fingerprint density at radius 2 is 2.00 bits per heavy atom. The van der Waals surface area contributed by atoms with Crippen molar-refractivity contribution in [3.8, 4) is 0 Å². The Balaban J connectivity index is 2.01. The van der Waals surface area contributed by atoms with Crippen molar-refractivity contribution in [1.82, 2.24) is 0 Å². The summed E-state index contributed by atoms with van der Waals surface area (Å²) in [7, 11) is 0. The number of hydrogen-bond acceptors (Lipinski definition) is 0. The maximum Gasteiger partial charge on any atom is -0.0199 e. The number of allylic oxidation sites excluding steroid dienone is 4. The maximum atomic E-state index is 2.53. The van der Waals surface area contributed by atoms with Gasteiger partial charge in [0.05, 0.1) is 0 Å². The third kappa shape index (κ3) is 2.46. The number of rotatable bonds is 0. The molecule has 0 aromatic rings. The molecule has 13 heavy (non-hydrogen) atoms. The van der Waals surface area contributed by atoms with E-state index in [2.05, 4.69) is 26.0 Å². The second kappa shape index (κ2) is 3.69. The van der Waals surface area contributed by atoms with Crippen molar-refractivity contribution >= 4 is 0 Å². The normalized spacial score (nSPS) is 42.3. The highest BCUT2D eigenvalue weighted by molar-refractivity contribution is 5.12. The molecule has 2 aliphatic carbocycles. The van der Waals surface area contributed by atoms with Crippen molar-refractivity contribution in [2.24, 2.45) is 11.8 Å². The van der Waals surface area contributed by atoms with Crippen LogP contribution in [0.25, 0.3) is 0 Å². The lowest BCUT2D eigenvalue weighted by Gasteiger charge is -2.05. The van der Waals surface area contributed by atoms with Crippen molar-refractivity contribution in [1.29, 1.82) is 0 Å². The average molecular weight is 176 g/mol. The predicted molar refractivity (Wildman–Crippen MR) is 57.6 cm³/mol. The number of hydrogen-bond donors (Lipinski definition) is 0. The highest BCUT2D eigenvalue weighted by atomic mass is 14.4. The summed E-state index contributed by atoms with van der Waals surface area (Å²) < 4.78 is 0. The minimum atomic E-state index is 0.950. The Morgan fingerprint density at radius 3 is 2.85 bits per heavy atom. The van der Waals surface area contributed by atoms with E-state index in [1.165, 1.54) is 32.1 Å². The average Bonchev–Trinajstić information content (AvgIpc) is 2.80. The SMILES string of the molecule is C/C1=C/CC/C(C)=C/[C@H]2C[C@H]2CC1. The molecule has 0 aromatic heterocycles. The van der Waals surface area contributed by atoms with Crippen molar-refractivity contribution in [2.75, 3.05) is 0 Å². The molecular weight excluding hydrogens is 156 g/mol. The van der Waals surface area contributed by atoms with Crippen LogP contribution in [0.4, 0.5) is 0 Å². The van der Waals surface area contributed by atoms with Crippen LogP contribution in [0.2, 0.25) is 0 Å². The van der Waals surface area contributed by atoms with Crippen LogP contribution in [0.15, 0.2) is 23.3 Å². The Kier molecular flexibility index (Phi) is 2.57. The molecule has 0 unspecified atom stereocenters. The van der Waals surface area contributed by atoms with Crippen LogP contribution < -0.4 is 0 Å². The van der Waals surface area contributed by atoms with E-state index in [1.54, 1.807) is 11.1 Å². The van der Waals surface area contributed by atoms with Gasteiger partial charge in [-0.25, -0.2) is 0 Å². The summed E-state index contributed by atoms with van der Waals surface area (Å²) in [4.78, 5) is 0. The van der Waals surface area contributed by atoms with Crippen molar-refractivity contribution in [3.05, 3.63) is 23.3 Å². The van der Waals surface area contributed by atoms with Gasteiger partial charge in [0.25, 0.3) is 0 Å². The Bertz CT molecular complexity index is 245.